The topological polar surface area (TPSA) is 70.5 Å². The van der Waals surface area contributed by atoms with Crippen molar-refractivity contribution in [2.24, 2.45) is 5.92 Å². The normalized spacial score (nSPS) is 17.2. The van der Waals surface area contributed by atoms with Gasteiger partial charge in [-0.3, -0.25) is 9.59 Å². The van der Waals surface area contributed by atoms with Crippen LogP contribution in [0.15, 0.2) is 24.3 Å². The largest absolute Gasteiger partial charge is 0.481 e. The fourth-order valence-corrected chi connectivity index (χ4v) is 3.86. The highest BCUT2D eigenvalue weighted by Gasteiger charge is 2.32. The molecule has 1 atom stereocenters. The standard InChI is InChI=1S/C17H17FN2O3S/c1-10-15(16(21)20-7-6-12(9-20)17(22)23)24-14(19-10)8-11-2-4-13(18)5-3-11/h2-5,12H,6-9H2,1H3,(H,22,23)/t12-/m0/s1. The van der Waals surface area contributed by atoms with Gasteiger partial charge in [0.25, 0.3) is 5.91 Å². The smallest absolute Gasteiger partial charge is 0.308 e. The number of rotatable bonds is 4. The van der Waals surface area contributed by atoms with Crippen LogP contribution in [0.2, 0.25) is 0 Å². The van der Waals surface area contributed by atoms with E-state index in [0.29, 0.717) is 30.0 Å². The number of carboxylic acids is 1. The van der Waals surface area contributed by atoms with Crippen LogP contribution >= 0.6 is 11.3 Å². The second-order valence-corrected chi connectivity index (χ2v) is 6.98. The molecule has 1 aliphatic heterocycles. The summed E-state index contributed by atoms with van der Waals surface area (Å²) in [6.45, 7) is 2.49. The summed E-state index contributed by atoms with van der Waals surface area (Å²) in [7, 11) is 0. The molecule has 2 heterocycles. The molecule has 1 aromatic heterocycles. The molecule has 0 saturated carbocycles. The molecule has 0 unspecified atom stereocenters. The van der Waals surface area contributed by atoms with E-state index in [-0.39, 0.29) is 18.3 Å². The minimum atomic E-state index is -0.858. The van der Waals surface area contributed by atoms with Gasteiger partial charge in [0.15, 0.2) is 0 Å². The zero-order valence-corrected chi connectivity index (χ0v) is 14.0. The van der Waals surface area contributed by atoms with E-state index in [1.807, 2.05) is 0 Å². The number of halogens is 1. The highest BCUT2D eigenvalue weighted by atomic mass is 32.1. The van der Waals surface area contributed by atoms with Crippen LogP contribution in [0, 0.1) is 18.7 Å². The first-order valence-electron chi connectivity index (χ1n) is 7.67. The van der Waals surface area contributed by atoms with E-state index in [2.05, 4.69) is 4.98 Å². The molecule has 1 fully saturated rings. The van der Waals surface area contributed by atoms with Gasteiger partial charge in [-0.15, -0.1) is 11.3 Å². The van der Waals surface area contributed by atoms with E-state index < -0.39 is 11.9 Å². The first-order chi connectivity index (χ1) is 11.4. The van der Waals surface area contributed by atoms with Gasteiger partial charge in [-0.2, -0.15) is 0 Å². The van der Waals surface area contributed by atoms with Crippen LogP contribution in [0.4, 0.5) is 4.39 Å². The Hall–Kier alpha value is -2.28. The molecule has 0 spiro atoms. The maximum atomic E-state index is 13.0. The van der Waals surface area contributed by atoms with Crippen molar-refractivity contribution in [3.8, 4) is 0 Å². The average Bonchev–Trinajstić information content (AvgIpc) is 3.16. The van der Waals surface area contributed by atoms with Gasteiger partial charge < -0.3 is 10.0 Å². The first-order valence-corrected chi connectivity index (χ1v) is 8.48. The maximum Gasteiger partial charge on any atom is 0.308 e. The quantitative estimate of drug-likeness (QED) is 0.922. The lowest BCUT2D eigenvalue weighted by Gasteiger charge is -2.14. The second kappa shape index (κ2) is 6.68. The summed E-state index contributed by atoms with van der Waals surface area (Å²) in [5.41, 5.74) is 1.58. The molecule has 0 radical (unpaired) electrons. The molecular formula is C17H17FN2O3S. The van der Waals surface area contributed by atoms with Gasteiger partial charge in [-0.1, -0.05) is 12.1 Å². The summed E-state index contributed by atoms with van der Waals surface area (Å²) in [6, 6.07) is 6.20. The van der Waals surface area contributed by atoms with Gasteiger partial charge in [-0.05, 0) is 31.0 Å². The molecule has 2 aromatic rings. The van der Waals surface area contributed by atoms with Crippen molar-refractivity contribution in [1.29, 1.82) is 0 Å². The number of aryl methyl sites for hydroxylation is 1. The fourth-order valence-electron chi connectivity index (χ4n) is 2.79. The molecule has 3 rings (SSSR count). The SMILES string of the molecule is Cc1nc(Cc2ccc(F)cc2)sc1C(=O)N1CC[C@H](C(=O)O)C1. The summed E-state index contributed by atoms with van der Waals surface area (Å²) in [5.74, 6) is -1.78. The predicted octanol–water partition coefficient (Wildman–Crippen LogP) is 2.73. The van der Waals surface area contributed by atoms with Gasteiger partial charge in [0, 0.05) is 19.5 Å². The molecule has 24 heavy (non-hydrogen) atoms. The monoisotopic (exact) mass is 348 g/mol. The number of aromatic nitrogens is 1. The zero-order chi connectivity index (χ0) is 17.3. The average molecular weight is 348 g/mol. The Morgan fingerprint density at radius 3 is 2.71 bits per heavy atom. The van der Waals surface area contributed by atoms with Gasteiger partial charge in [0.2, 0.25) is 0 Å². The third-order valence-electron chi connectivity index (χ3n) is 4.13. The number of amides is 1. The number of carbonyl (C=O) groups is 2. The van der Waals surface area contributed by atoms with Crippen molar-refractivity contribution >= 4 is 23.2 Å². The van der Waals surface area contributed by atoms with Crippen molar-refractivity contribution in [3.05, 3.63) is 51.2 Å². The number of hydrogen-bond acceptors (Lipinski definition) is 4. The van der Waals surface area contributed by atoms with Crippen molar-refractivity contribution in [2.75, 3.05) is 13.1 Å². The summed E-state index contributed by atoms with van der Waals surface area (Å²) < 4.78 is 13.0. The Kier molecular flexibility index (Phi) is 4.62. The highest BCUT2D eigenvalue weighted by Crippen LogP contribution is 2.25. The molecule has 0 bridgehead atoms. The minimum absolute atomic E-state index is 0.154. The van der Waals surface area contributed by atoms with E-state index >= 15 is 0 Å². The van der Waals surface area contributed by atoms with Crippen LogP contribution in [0.1, 0.15) is 32.4 Å². The highest BCUT2D eigenvalue weighted by molar-refractivity contribution is 7.13. The lowest BCUT2D eigenvalue weighted by atomic mass is 10.1. The Morgan fingerprint density at radius 2 is 2.08 bits per heavy atom. The molecule has 1 aromatic carbocycles. The molecule has 126 valence electrons. The second-order valence-electron chi connectivity index (χ2n) is 5.90. The van der Waals surface area contributed by atoms with Gasteiger partial charge in [0.1, 0.15) is 10.7 Å². The maximum absolute atomic E-state index is 13.0. The summed E-state index contributed by atoms with van der Waals surface area (Å²) in [4.78, 5) is 30.2. The van der Waals surface area contributed by atoms with Crippen LogP contribution < -0.4 is 0 Å². The number of carboxylic acid groups (broad SMARTS) is 1. The summed E-state index contributed by atoms with van der Waals surface area (Å²) in [6.07, 6.45) is 1.03. The predicted molar refractivity (Wildman–Crippen MR) is 87.7 cm³/mol. The lowest BCUT2D eigenvalue weighted by molar-refractivity contribution is -0.141. The van der Waals surface area contributed by atoms with Crippen LogP contribution in [0.3, 0.4) is 0 Å². The van der Waals surface area contributed by atoms with Crippen molar-refractivity contribution in [1.82, 2.24) is 9.88 Å². The van der Waals surface area contributed by atoms with E-state index in [4.69, 9.17) is 5.11 Å². The van der Waals surface area contributed by atoms with E-state index in [1.54, 1.807) is 24.0 Å². The fraction of sp³-hybridized carbons (Fsp3) is 0.353. The molecule has 1 amide bonds. The summed E-state index contributed by atoms with van der Waals surface area (Å²) in [5, 5.41) is 9.84. The minimum Gasteiger partial charge on any atom is -0.481 e. The van der Waals surface area contributed by atoms with Gasteiger partial charge in [0.05, 0.1) is 16.6 Å². The Labute approximate surface area is 142 Å². The Morgan fingerprint density at radius 1 is 1.38 bits per heavy atom. The molecule has 5 nitrogen and oxygen atoms in total. The zero-order valence-electron chi connectivity index (χ0n) is 13.2. The Balaban J connectivity index is 1.73. The molecule has 0 aliphatic carbocycles. The number of thiazole rings is 1. The number of hydrogen-bond donors (Lipinski definition) is 1. The van der Waals surface area contributed by atoms with Crippen LogP contribution in [0.5, 0.6) is 0 Å². The third kappa shape index (κ3) is 3.46. The van der Waals surface area contributed by atoms with E-state index in [1.165, 1.54) is 23.5 Å². The number of benzene rings is 1. The van der Waals surface area contributed by atoms with E-state index in [9.17, 15) is 14.0 Å². The van der Waals surface area contributed by atoms with Crippen LogP contribution in [0.25, 0.3) is 0 Å². The Bertz CT molecular complexity index is 773. The molecule has 1 saturated heterocycles. The molecule has 7 heteroatoms. The van der Waals surface area contributed by atoms with Gasteiger partial charge >= 0.3 is 5.97 Å². The molecule has 1 aliphatic rings. The number of likely N-dealkylation sites (tertiary alicyclic amines) is 1. The lowest BCUT2D eigenvalue weighted by Crippen LogP contribution is -2.29. The summed E-state index contributed by atoms with van der Waals surface area (Å²) >= 11 is 1.32. The first kappa shape index (κ1) is 16.6. The van der Waals surface area contributed by atoms with Gasteiger partial charge in [-0.25, -0.2) is 9.37 Å². The van der Waals surface area contributed by atoms with E-state index in [0.717, 1.165) is 10.6 Å². The van der Waals surface area contributed by atoms with Crippen molar-refractivity contribution in [2.45, 2.75) is 19.8 Å². The number of aliphatic carboxylic acids is 1. The molecule has 1 N–H and O–H groups in total. The van der Waals surface area contributed by atoms with Crippen molar-refractivity contribution in [3.63, 3.8) is 0 Å². The molecular weight excluding hydrogens is 331 g/mol. The number of nitrogens with zero attached hydrogens (tertiary/aromatic N) is 2. The number of carbonyl (C=O) groups excluding carboxylic acids is 1. The van der Waals surface area contributed by atoms with Crippen molar-refractivity contribution < 1.29 is 19.1 Å². The van der Waals surface area contributed by atoms with Crippen LogP contribution in [-0.4, -0.2) is 40.0 Å². The van der Waals surface area contributed by atoms with Crippen LogP contribution in [-0.2, 0) is 11.2 Å². The third-order valence-corrected chi connectivity index (χ3v) is 5.27.